The highest BCUT2D eigenvalue weighted by atomic mass is 19.1. The number of amides is 1. The molecule has 1 aromatic heterocycles. The molecule has 3 rings (SSSR count). The van der Waals surface area contributed by atoms with Crippen molar-refractivity contribution in [3.05, 3.63) is 65.7 Å². The van der Waals surface area contributed by atoms with Crippen molar-refractivity contribution < 1.29 is 13.6 Å². The van der Waals surface area contributed by atoms with Crippen LogP contribution in [0.5, 0.6) is 0 Å². The molecule has 0 atom stereocenters. The van der Waals surface area contributed by atoms with Gasteiger partial charge in [0.05, 0.1) is 11.0 Å². The van der Waals surface area contributed by atoms with Gasteiger partial charge in [-0.25, -0.2) is 13.8 Å². The van der Waals surface area contributed by atoms with E-state index >= 15 is 0 Å². The fourth-order valence-corrected chi connectivity index (χ4v) is 3.72. The minimum atomic E-state index is -0.715. The summed E-state index contributed by atoms with van der Waals surface area (Å²) in [5, 5.41) is 2.79. The molecule has 0 aliphatic heterocycles. The molecule has 0 unspecified atom stereocenters. The molecule has 2 aromatic carbocycles. The van der Waals surface area contributed by atoms with Crippen molar-refractivity contribution >= 4 is 28.6 Å². The predicted octanol–water partition coefficient (Wildman–Crippen LogP) is 5.08. The largest absolute Gasteiger partial charge is 0.334 e. The summed E-state index contributed by atoms with van der Waals surface area (Å²) in [7, 11) is 0. The lowest BCUT2D eigenvalue weighted by Gasteiger charge is -2.25. The van der Waals surface area contributed by atoms with E-state index in [9.17, 15) is 13.6 Å². The number of halogens is 2. The highest BCUT2D eigenvalue weighted by Gasteiger charge is 2.20. The maximum atomic E-state index is 14.2. The number of nitrogens with one attached hydrogen (secondary N) is 1. The van der Waals surface area contributed by atoms with Gasteiger partial charge in [0.25, 0.3) is 5.91 Å². The number of fused-ring (bicyclic) bond motifs is 1. The third kappa shape index (κ3) is 5.76. The maximum absolute atomic E-state index is 14.2. The second kappa shape index (κ2) is 10.6. The molecule has 0 radical (unpaired) electrons. The number of carbonyl (C=O) groups excluding carboxylic acids is 1. The van der Waals surface area contributed by atoms with Crippen LogP contribution in [0.3, 0.4) is 0 Å². The Morgan fingerprint density at radius 1 is 1.24 bits per heavy atom. The second-order valence-corrected chi connectivity index (χ2v) is 8.69. The Balaban J connectivity index is 2.04. The zero-order valence-electron chi connectivity index (χ0n) is 19.4. The van der Waals surface area contributed by atoms with Gasteiger partial charge >= 0.3 is 0 Å². The van der Waals surface area contributed by atoms with Crippen molar-refractivity contribution in [3.63, 3.8) is 0 Å². The fourth-order valence-electron chi connectivity index (χ4n) is 3.72. The van der Waals surface area contributed by atoms with Crippen LogP contribution >= 0.6 is 0 Å². The van der Waals surface area contributed by atoms with Crippen LogP contribution in [0, 0.1) is 17.6 Å². The highest BCUT2D eigenvalue weighted by molar-refractivity contribution is 5.98. The van der Waals surface area contributed by atoms with E-state index in [1.54, 1.807) is 27.7 Å². The van der Waals surface area contributed by atoms with Gasteiger partial charge in [-0.15, -0.1) is 0 Å². The lowest BCUT2D eigenvalue weighted by Crippen LogP contribution is -2.35. The minimum Gasteiger partial charge on any atom is -0.334 e. The number of aryl methyl sites for hydroxylation is 1. The van der Waals surface area contributed by atoms with E-state index in [1.807, 2.05) is 6.92 Å². The van der Waals surface area contributed by atoms with E-state index in [0.29, 0.717) is 55.1 Å². The molecule has 0 saturated heterocycles. The van der Waals surface area contributed by atoms with Crippen molar-refractivity contribution in [3.8, 4) is 0 Å². The molecular formula is C25H31F2N5O. The van der Waals surface area contributed by atoms with Crippen molar-refractivity contribution in [2.24, 2.45) is 11.7 Å². The number of nitrogens with two attached hydrogens (primary N) is 1. The van der Waals surface area contributed by atoms with Crippen LogP contribution in [0.15, 0.2) is 48.6 Å². The van der Waals surface area contributed by atoms with Crippen molar-refractivity contribution in [2.75, 3.05) is 25.0 Å². The summed E-state index contributed by atoms with van der Waals surface area (Å²) in [5.74, 6) is -0.943. The Morgan fingerprint density at radius 2 is 1.94 bits per heavy atom. The molecule has 0 aliphatic rings. The van der Waals surface area contributed by atoms with E-state index in [0.717, 1.165) is 5.57 Å². The first-order valence-electron chi connectivity index (χ1n) is 11.1. The van der Waals surface area contributed by atoms with Crippen LogP contribution in [0.25, 0.3) is 11.0 Å². The second-order valence-electron chi connectivity index (χ2n) is 8.69. The molecule has 0 saturated carbocycles. The molecular weight excluding hydrogens is 424 g/mol. The monoisotopic (exact) mass is 455 g/mol. The van der Waals surface area contributed by atoms with Gasteiger partial charge in [-0.3, -0.25) is 4.79 Å². The topological polar surface area (TPSA) is 76.2 Å². The van der Waals surface area contributed by atoms with E-state index in [-0.39, 0.29) is 17.5 Å². The van der Waals surface area contributed by atoms with Gasteiger partial charge in [0.15, 0.2) is 0 Å². The Kier molecular flexibility index (Phi) is 7.81. The van der Waals surface area contributed by atoms with E-state index in [2.05, 4.69) is 30.7 Å². The molecule has 6 nitrogen and oxygen atoms in total. The average Bonchev–Trinajstić information content (AvgIpc) is 3.09. The average molecular weight is 456 g/mol. The first-order chi connectivity index (χ1) is 15.7. The molecule has 0 fully saturated rings. The quantitative estimate of drug-likeness (QED) is 0.418. The zero-order valence-corrected chi connectivity index (χ0v) is 19.4. The summed E-state index contributed by atoms with van der Waals surface area (Å²) in [4.78, 5) is 19.6. The Morgan fingerprint density at radius 3 is 2.55 bits per heavy atom. The number of hydrogen-bond acceptors (Lipinski definition) is 4. The van der Waals surface area contributed by atoms with Gasteiger partial charge < -0.3 is 20.5 Å². The minimum absolute atomic E-state index is 0.102. The molecule has 176 valence electrons. The number of imidazole rings is 1. The number of anilines is 2. The SMILES string of the molecule is C=C(C)CN(CC(C)C)C(=O)c1ccc2nc(Nc3c(F)cccc3F)n(CCCN)c2c1. The van der Waals surface area contributed by atoms with Crippen molar-refractivity contribution in [1.29, 1.82) is 0 Å². The molecule has 8 heteroatoms. The molecule has 0 bridgehead atoms. The summed E-state index contributed by atoms with van der Waals surface area (Å²) in [6.45, 7) is 12.0. The van der Waals surface area contributed by atoms with Gasteiger partial charge in [-0.2, -0.15) is 0 Å². The molecule has 1 heterocycles. The van der Waals surface area contributed by atoms with Crippen LogP contribution in [-0.2, 0) is 6.54 Å². The van der Waals surface area contributed by atoms with E-state index in [1.165, 1.54) is 18.2 Å². The normalized spacial score (nSPS) is 11.2. The molecule has 33 heavy (non-hydrogen) atoms. The molecule has 3 N–H and O–H groups in total. The standard InChI is InChI=1S/C25H31F2N5O/c1-16(2)14-31(15-17(3)4)24(33)18-9-10-21-22(13-18)32(12-6-11-28)25(29-21)30-23-19(26)7-5-8-20(23)27/h5,7-10,13,17H,1,6,11-12,14-15,28H2,2-4H3,(H,29,30). The predicted molar refractivity (Wildman–Crippen MR) is 129 cm³/mol. The summed E-state index contributed by atoms with van der Waals surface area (Å²) in [6.07, 6.45) is 0.632. The number of para-hydroxylation sites is 1. The summed E-state index contributed by atoms with van der Waals surface area (Å²) < 4.78 is 30.3. The Bertz CT molecular complexity index is 1130. The van der Waals surface area contributed by atoms with Gasteiger partial charge in [0.1, 0.15) is 17.3 Å². The number of benzene rings is 2. The lowest BCUT2D eigenvalue weighted by atomic mass is 10.1. The molecule has 1 amide bonds. The van der Waals surface area contributed by atoms with Crippen molar-refractivity contribution in [1.82, 2.24) is 14.5 Å². The Labute approximate surface area is 193 Å². The molecule has 0 aliphatic carbocycles. The Hall–Kier alpha value is -3.26. The number of hydrogen-bond donors (Lipinski definition) is 2. The molecule has 3 aromatic rings. The number of carbonyl (C=O) groups is 1. The highest BCUT2D eigenvalue weighted by Crippen LogP contribution is 2.27. The van der Waals surface area contributed by atoms with Gasteiger partial charge in [-0.1, -0.05) is 32.1 Å². The number of rotatable bonds is 10. The van der Waals surface area contributed by atoms with Crippen LogP contribution in [0.2, 0.25) is 0 Å². The van der Waals surface area contributed by atoms with Crippen LogP contribution in [0.1, 0.15) is 37.6 Å². The molecule has 0 spiro atoms. The fraction of sp³-hybridized carbons (Fsp3) is 0.360. The van der Waals surface area contributed by atoms with Crippen molar-refractivity contribution in [2.45, 2.75) is 33.7 Å². The summed E-state index contributed by atoms with van der Waals surface area (Å²) >= 11 is 0. The van der Waals surface area contributed by atoms with E-state index in [4.69, 9.17) is 5.73 Å². The van der Waals surface area contributed by atoms with Gasteiger partial charge in [0, 0.05) is 25.2 Å². The zero-order chi connectivity index (χ0) is 24.1. The summed E-state index contributed by atoms with van der Waals surface area (Å²) in [5.41, 5.74) is 8.14. The smallest absolute Gasteiger partial charge is 0.254 e. The lowest BCUT2D eigenvalue weighted by molar-refractivity contribution is 0.0752. The maximum Gasteiger partial charge on any atom is 0.254 e. The van der Waals surface area contributed by atoms with Crippen LogP contribution in [0.4, 0.5) is 20.4 Å². The van der Waals surface area contributed by atoms with Gasteiger partial charge in [0.2, 0.25) is 5.95 Å². The first kappa shape index (κ1) is 24.4. The third-order valence-corrected chi connectivity index (χ3v) is 5.11. The van der Waals surface area contributed by atoms with Crippen LogP contribution in [-0.4, -0.2) is 40.0 Å². The van der Waals surface area contributed by atoms with E-state index < -0.39 is 11.6 Å². The third-order valence-electron chi connectivity index (χ3n) is 5.11. The first-order valence-corrected chi connectivity index (χ1v) is 11.1. The number of nitrogens with zero attached hydrogens (tertiary/aromatic N) is 3. The van der Waals surface area contributed by atoms with Gasteiger partial charge in [-0.05, 0) is 56.1 Å². The number of aromatic nitrogens is 2. The van der Waals surface area contributed by atoms with Crippen LogP contribution < -0.4 is 11.1 Å². The summed E-state index contributed by atoms with van der Waals surface area (Å²) in [6, 6.07) is 8.91.